The molecule has 1 N–H and O–H groups in total. The zero-order valence-electron chi connectivity index (χ0n) is 11.7. The maximum Gasteiger partial charge on any atom is 0.132 e. The molecule has 0 aliphatic rings. The Kier molecular flexibility index (Phi) is 4.39. The molecular weight excluding hydrogens is 236 g/mol. The number of anilines is 1. The fourth-order valence-electron chi connectivity index (χ4n) is 2.06. The van der Waals surface area contributed by atoms with Gasteiger partial charge in [0.25, 0.3) is 0 Å². The van der Waals surface area contributed by atoms with Crippen LogP contribution in [-0.2, 0) is 6.61 Å². The third-order valence-electron chi connectivity index (χ3n) is 2.83. The Hall–Kier alpha value is -2.03. The largest absolute Gasteiger partial charge is 0.489 e. The average Bonchev–Trinajstić information content (AvgIpc) is 2.37. The lowest BCUT2D eigenvalue weighted by atomic mass is 10.1. The van der Waals surface area contributed by atoms with Crippen LogP contribution in [0.1, 0.15) is 23.6 Å². The summed E-state index contributed by atoms with van der Waals surface area (Å²) in [6.45, 7) is 7.60. The summed E-state index contributed by atoms with van der Waals surface area (Å²) in [6.07, 6.45) is 1.79. The first-order chi connectivity index (χ1) is 9.19. The SMILES string of the molecule is CCNc1ncccc1COc1cc(C)cc(C)c1. The monoisotopic (exact) mass is 256 g/mol. The summed E-state index contributed by atoms with van der Waals surface area (Å²) in [7, 11) is 0. The first-order valence-corrected chi connectivity index (χ1v) is 6.58. The molecule has 0 aliphatic carbocycles. The van der Waals surface area contributed by atoms with Crippen LogP contribution in [0.25, 0.3) is 0 Å². The van der Waals surface area contributed by atoms with Crippen molar-refractivity contribution in [3.8, 4) is 5.75 Å². The summed E-state index contributed by atoms with van der Waals surface area (Å²) < 4.78 is 5.86. The molecule has 3 nitrogen and oxygen atoms in total. The Labute approximate surface area is 114 Å². The number of nitrogens with zero attached hydrogens (tertiary/aromatic N) is 1. The van der Waals surface area contributed by atoms with E-state index in [-0.39, 0.29) is 0 Å². The number of rotatable bonds is 5. The molecular formula is C16H20N2O. The molecule has 3 heteroatoms. The standard InChI is InChI=1S/C16H20N2O/c1-4-17-16-14(6-5-7-18-16)11-19-15-9-12(2)8-13(3)10-15/h5-10H,4,11H2,1-3H3,(H,17,18). The normalized spacial score (nSPS) is 10.3. The highest BCUT2D eigenvalue weighted by Crippen LogP contribution is 2.19. The van der Waals surface area contributed by atoms with Crippen molar-refractivity contribution in [1.82, 2.24) is 4.98 Å². The topological polar surface area (TPSA) is 34.2 Å². The molecule has 0 atom stereocenters. The highest BCUT2D eigenvalue weighted by atomic mass is 16.5. The Balaban J connectivity index is 2.09. The number of benzene rings is 1. The molecule has 0 amide bonds. The van der Waals surface area contributed by atoms with Crippen molar-refractivity contribution >= 4 is 5.82 Å². The molecule has 2 rings (SSSR count). The van der Waals surface area contributed by atoms with Gasteiger partial charge >= 0.3 is 0 Å². The number of hydrogen-bond donors (Lipinski definition) is 1. The Bertz CT molecular complexity index is 532. The molecule has 1 heterocycles. The van der Waals surface area contributed by atoms with Crippen LogP contribution in [0.4, 0.5) is 5.82 Å². The molecule has 0 spiro atoms. The lowest BCUT2D eigenvalue weighted by molar-refractivity contribution is 0.306. The maximum absolute atomic E-state index is 5.86. The minimum Gasteiger partial charge on any atom is -0.489 e. The van der Waals surface area contributed by atoms with Crippen LogP contribution in [0.15, 0.2) is 36.5 Å². The van der Waals surface area contributed by atoms with Gasteiger partial charge in [-0.3, -0.25) is 0 Å². The number of ether oxygens (including phenoxy) is 1. The van der Waals surface area contributed by atoms with Crippen molar-refractivity contribution in [3.63, 3.8) is 0 Å². The Morgan fingerprint density at radius 3 is 2.58 bits per heavy atom. The van der Waals surface area contributed by atoms with E-state index in [1.807, 2.05) is 12.1 Å². The van der Waals surface area contributed by atoms with Gasteiger partial charge in [0.15, 0.2) is 0 Å². The van der Waals surface area contributed by atoms with E-state index in [0.29, 0.717) is 6.61 Å². The third kappa shape index (κ3) is 3.71. The van der Waals surface area contributed by atoms with Gasteiger partial charge in [0.1, 0.15) is 18.2 Å². The Morgan fingerprint density at radius 1 is 1.16 bits per heavy atom. The molecule has 0 radical (unpaired) electrons. The van der Waals surface area contributed by atoms with Gasteiger partial charge in [-0.1, -0.05) is 12.1 Å². The molecule has 1 aromatic carbocycles. The van der Waals surface area contributed by atoms with Crippen molar-refractivity contribution in [2.75, 3.05) is 11.9 Å². The quantitative estimate of drug-likeness (QED) is 0.885. The second-order valence-electron chi connectivity index (χ2n) is 4.65. The van der Waals surface area contributed by atoms with E-state index in [0.717, 1.165) is 23.7 Å². The molecule has 0 bridgehead atoms. The van der Waals surface area contributed by atoms with Gasteiger partial charge in [0.2, 0.25) is 0 Å². The minimum absolute atomic E-state index is 0.527. The van der Waals surface area contributed by atoms with Crippen LogP contribution >= 0.6 is 0 Å². The average molecular weight is 256 g/mol. The second kappa shape index (κ2) is 6.23. The second-order valence-corrected chi connectivity index (χ2v) is 4.65. The van der Waals surface area contributed by atoms with E-state index in [9.17, 15) is 0 Å². The van der Waals surface area contributed by atoms with E-state index in [1.165, 1.54) is 11.1 Å². The predicted molar refractivity (Wildman–Crippen MR) is 78.6 cm³/mol. The summed E-state index contributed by atoms with van der Waals surface area (Å²) in [6, 6.07) is 10.2. The fraction of sp³-hybridized carbons (Fsp3) is 0.312. The van der Waals surface area contributed by atoms with Gasteiger partial charge in [-0.15, -0.1) is 0 Å². The van der Waals surface area contributed by atoms with E-state index in [4.69, 9.17) is 4.74 Å². The van der Waals surface area contributed by atoms with Crippen molar-refractivity contribution in [2.45, 2.75) is 27.4 Å². The fourth-order valence-corrected chi connectivity index (χ4v) is 2.06. The van der Waals surface area contributed by atoms with Crippen molar-refractivity contribution in [1.29, 1.82) is 0 Å². The van der Waals surface area contributed by atoms with E-state index in [1.54, 1.807) is 6.20 Å². The van der Waals surface area contributed by atoms with Crippen LogP contribution in [0.2, 0.25) is 0 Å². The van der Waals surface area contributed by atoms with E-state index in [2.05, 4.69) is 49.3 Å². The van der Waals surface area contributed by atoms with Crippen LogP contribution in [0.5, 0.6) is 5.75 Å². The molecule has 0 unspecified atom stereocenters. The predicted octanol–water partition coefficient (Wildman–Crippen LogP) is 3.71. The summed E-state index contributed by atoms with van der Waals surface area (Å²) in [4.78, 5) is 4.32. The van der Waals surface area contributed by atoms with Crippen LogP contribution in [-0.4, -0.2) is 11.5 Å². The summed E-state index contributed by atoms with van der Waals surface area (Å²) >= 11 is 0. The van der Waals surface area contributed by atoms with Gasteiger partial charge in [0, 0.05) is 18.3 Å². The number of aromatic nitrogens is 1. The van der Waals surface area contributed by atoms with Gasteiger partial charge < -0.3 is 10.1 Å². The minimum atomic E-state index is 0.527. The molecule has 0 saturated carbocycles. The number of pyridine rings is 1. The number of aryl methyl sites for hydroxylation is 2. The molecule has 0 saturated heterocycles. The molecule has 100 valence electrons. The van der Waals surface area contributed by atoms with Gasteiger partial charge in [-0.2, -0.15) is 0 Å². The summed E-state index contributed by atoms with van der Waals surface area (Å²) in [5.41, 5.74) is 3.50. The lowest BCUT2D eigenvalue weighted by Crippen LogP contribution is -2.05. The molecule has 0 fully saturated rings. The third-order valence-corrected chi connectivity index (χ3v) is 2.83. The van der Waals surface area contributed by atoms with Gasteiger partial charge in [0.05, 0.1) is 0 Å². The van der Waals surface area contributed by atoms with Crippen molar-refractivity contribution in [3.05, 3.63) is 53.2 Å². The van der Waals surface area contributed by atoms with Crippen LogP contribution in [0, 0.1) is 13.8 Å². The van der Waals surface area contributed by atoms with Gasteiger partial charge in [-0.25, -0.2) is 4.98 Å². The first-order valence-electron chi connectivity index (χ1n) is 6.58. The van der Waals surface area contributed by atoms with Crippen molar-refractivity contribution < 1.29 is 4.74 Å². The van der Waals surface area contributed by atoms with Crippen molar-refractivity contribution in [2.24, 2.45) is 0 Å². The zero-order chi connectivity index (χ0) is 13.7. The van der Waals surface area contributed by atoms with E-state index < -0.39 is 0 Å². The zero-order valence-corrected chi connectivity index (χ0v) is 11.7. The first kappa shape index (κ1) is 13.4. The van der Waals surface area contributed by atoms with Crippen LogP contribution < -0.4 is 10.1 Å². The molecule has 2 aromatic rings. The smallest absolute Gasteiger partial charge is 0.132 e. The highest BCUT2D eigenvalue weighted by molar-refractivity contribution is 5.43. The molecule has 19 heavy (non-hydrogen) atoms. The number of nitrogens with one attached hydrogen (secondary N) is 1. The van der Waals surface area contributed by atoms with E-state index >= 15 is 0 Å². The molecule has 1 aromatic heterocycles. The van der Waals surface area contributed by atoms with Crippen LogP contribution in [0.3, 0.4) is 0 Å². The Morgan fingerprint density at radius 2 is 1.89 bits per heavy atom. The highest BCUT2D eigenvalue weighted by Gasteiger charge is 2.04. The summed E-state index contributed by atoms with van der Waals surface area (Å²) in [5.74, 6) is 1.80. The number of hydrogen-bond acceptors (Lipinski definition) is 3. The molecule has 0 aliphatic heterocycles. The lowest BCUT2D eigenvalue weighted by Gasteiger charge is -2.11. The summed E-state index contributed by atoms with van der Waals surface area (Å²) in [5, 5.41) is 3.24. The maximum atomic E-state index is 5.86. The van der Waals surface area contributed by atoms with Gasteiger partial charge in [-0.05, 0) is 50.1 Å².